The summed E-state index contributed by atoms with van der Waals surface area (Å²) in [7, 11) is 0. The van der Waals surface area contributed by atoms with E-state index < -0.39 is 0 Å². The number of hydrogen-bond donors (Lipinski definition) is 1. The number of aliphatic hydroxyl groups excluding tert-OH is 1. The molecule has 0 aliphatic carbocycles. The first-order valence-corrected chi connectivity index (χ1v) is 7.27. The van der Waals surface area contributed by atoms with E-state index in [-0.39, 0.29) is 18.6 Å². The lowest BCUT2D eigenvalue weighted by molar-refractivity contribution is -0.00283. The number of rotatable bonds is 2. The molecule has 0 bridgehead atoms. The summed E-state index contributed by atoms with van der Waals surface area (Å²) in [5.41, 5.74) is 2.33. The summed E-state index contributed by atoms with van der Waals surface area (Å²) < 4.78 is 5.45. The molecule has 1 atom stereocenters. The Balaban J connectivity index is 2.30. The average Bonchev–Trinajstić information content (AvgIpc) is 2.53. The molecule has 1 aliphatic heterocycles. The number of ether oxygens (including phenoxy) is 1. The molecule has 1 aliphatic rings. The average molecular weight is 287 g/mol. The number of hydrogen-bond acceptors (Lipinski definition) is 3. The number of nitrogens with zero attached hydrogens (tertiary/aromatic N) is 1. The molecule has 4 nitrogen and oxygen atoms in total. The minimum absolute atomic E-state index is 0.0373. The fourth-order valence-corrected chi connectivity index (χ4v) is 2.55. The van der Waals surface area contributed by atoms with E-state index in [4.69, 9.17) is 9.84 Å². The molecule has 1 fully saturated rings. The third-order valence-corrected chi connectivity index (χ3v) is 3.83. The van der Waals surface area contributed by atoms with Crippen LogP contribution in [-0.4, -0.2) is 48.3 Å². The van der Waals surface area contributed by atoms with Gasteiger partial charge in [-0.15, -0.1) is 0 Å². The van der Waals surface area contributed by atoms with Crippen molar-refractivity contribution in [1.82, 2.24) is 4.90 Å². The fraction of sp³-hybridized carbons (Fsp3) is 0.471. The van der Waals surface area contributed by atoms with Crippen LogP contribution in [0, 0.1) is 18.8 Å². The highest BCUT2D eigenvalue weighted by Gasteiger charge is 2.27. The van der Waals surface area contributed by atoms with Crippen molar-refractivity contribution in [1.29, 1.82) is 0 Å². The second-order valence-corrected chi connectivity index (χ2v) is 5.07. The minimum atomic E-state index is -0.182. The van der Waals surface area contributed by atoms with Gasteiger partial charge in [-0.25, -0.2) is 0 Å². The second kappa shape index (κ2) is 7.26. The van der Waals surface area contributed by atoms with Gasteiger partial charge in [0.2, 0.25) is 0 Å². The second-order valence-electron chi connectivity index (χ2n) is 5.07. The summed E-state index contributed by atoms with van der Waals surface area (Å²) in [5, 5.41) is 8.80. The van der Waals surface area contributed by atoms with Gasteiger partial charge in [-0.2, -0.15) is 0 Å². The number of benzene rings is 1. The number of aliphatic hydroxyl groups is 1. The van der Waals surface area contributed by atoms with Crippen molar-refractivity contribution in [3.05, 3.63) is 34.9 Å². The molecule has 112 valence electrons. The molecule has 1 unspecified atom stereocenters. The minimum Gasteiger partial charge on any atom is -0.384 e. The number of morpholine rings is 1. The number of amides is 1. The van der Waals surface area contributed by atoms with E-state index in [1.807, 2.05) is 30.0 Å². The first-order valence-electron chi connectivity index (χ1n) is 7.27. The van der Waals surface area contributed by atoms with Crippen molar-refractivity contribution in [3.8, 4) is 11.8 Å². The summed E-state index contributed by atoms with van der Waals surface area (Å²) in [4.78, 5) is 14.7. The van der Waals surface area contributed by atoms with Crippen molar-refractivity contribution in [2.75, 3.05) is 26.4 Å². The molecular weight excluding hydrogens is 266 g/mol. The molecule has 1 N–H and O–H groups in total. The SMILES string of the molecule is CCC1COCCN1C(=O)c1cccc(C#CCO)c1C. The standard InChI is InChI=1S/C17H21NO3/c1-3-15-12-21-11-9-18(15)17(20)16-8-4-6-14(13(16)2)7-5-10-19/h4,6,8,15,19H,3,9-12H2,1-2H3. The lowest BCUT2D eigenvalue weighted by Gasteiger charge is -2.35. The molecule has 4 heteroatoms. The van der Waals surface area contributed by atoms with E-state index in [0.717, 1.165) is 17.5 Å². The maximum atomic E-state index is 12.8. The summed E-state index contributed by atoms with van der Waals surface area (Å²) in [6, 6.07) is 5.68. The quantitative estimate of drug-likeness (QED) is 0.840. The Morgan fingerprint density at radius 1 is 1.52 bits per heavy atom. The van der Waals surface area contributed by atoms with Gasteiger partial charge in [-0.05, 0) is 31.0 Å². The zero-order chi connectivity index (χ0) is 15.2. The van der Waals surface area contributed by atoms with E-state index in [0.29, 0.717) is 25.3 Å². The van der Waals surface area contributed by atoms with Gasteiger partial charge in [0.25, 0.3) is 5.91 Å². The fourth-order valence-electron chi connectivity index (χ4n) is 2.55. The number of carbonyl (C=O) groups is 1. The normalized spacial score (nSPS) is 18.0. The maximum absolute atomic E-state index is 12.8. The molecule has 1 aromatic rings. The van der Waals surface area contributed by atoms with E-state index in [1.54, 1.807) is 0 Å². The Bertz CT molecular complexity index is 571. The van der Waals surface area contributed by atoms with Gasteiger partial charge in [0.15, 0.2) is 0 Å². The maximum Gasteiger partial charge on any atom is 0.254 e. The third-order valence-electron chi connectivity index (χ3n) is 3.83. The molecule has 1 amide bonds. The van der Waals surface area contributed by atoms with Gasteiger partial charge >= 0.3 is 0 Å². The molecule has 1 saturated heterocycles. The van der Waals surface area contributed by atoms with Crippen molar-refractivity contribution < 1.29 is 14.6 Å². The smallest absolute Gasteiger partial charge is 0.254 e. The lowest BCUT2D eigenvalue weighted by Crippen LogP contribution is -2.48. The summed E-state index contributed by atoms with van der Waals surface area (Å²) >= 11 is 0. The van der Waals surface area contributed by atoms with Gasteiger partial charge in [0.05, 0.1) is 19.3 Å². The van der Waals surface area contributed by atoms with E-state index >= 15 is 0 Å². The van der Waals surface area contributed by atoms with Crippen molar-refractivity contribution >= 4 is 5.91 Å². The van der Waals surface area contributed by atoms with Crippen LogP contribution in [0.15, 0.2) is 18.2 Å². The largest absolute Gasteiger partial charge is 0.384 e. The van der Waals surface area contributed by atoms with E-state index in [1.165, 1.54) is 0 Å². The Morgan fingerprint density at radius 3 is 3.05 bits per heavy atom. The molecule has 21 heavy (non-hydrogen) atoms. The Morgan fingerprint density at radius 2 is 2.33 bits per heavy atom. The monoisotopic (exact) mass is 287 g/mol. The van der Waals surface area contributed by atoms with Gasteiger partial charge in [-0.1, -0.05) is 24.8 Å². The zero-order valence-electron chi connectivity index (χ0n) is 12.6. The molecular formula is C17H21NO3. The summed E-state index contributed by atoms with van der Waals surface area (Å²) in [6.07, 6.45) is 0.884. The summed E-state index contributed by atoms with van der Waals surface area (Å²) in [5.74, 6) is 5.56. The Kier molecular flexibility index (Phi) is 5.38. The van der Waals surface area contributed by atoms with Crippen molar-refractivity contribution in [2.24, 2.45) is 0 Å². The first-order chi connectivity index (χ1) is 10.2. The van der Waals surface area contributed by atoms with Crippen molar-refractivity contribution in [3.63, 3.8) is 0 Å². The molecule has 1 heterocycles. The van der Waals surface area contributed by atoms with Gasteiger partial charge in [0, 0.05) is 17.7 Å². The van der Waals surface area contributed by atoms with Crippen LogP contribution in [-0.2, 0) is 4.74 Å². The van der Waals surface area contributed by atoms with Crippen LogP contribution in [0.1, 0.15) is 34.8 Å². The summed E-state index contributed by atoms with van der Waals surface area (Å²) in [6.45, 7) is 5.60. The van der Waals surface area contributed by atoms with Crippen LogP contribution in [0.25, 0.3) is 0 Å². The predicted octanol–water partition coefficient (Wildman–Crippen LogP) is 1.59. The number of carbonyl (C=O) groups excluding carboxylic acids is 1. The lowest BCUT2D eigenvalue weighted by atomic mass is 10.0. The molecule has 2 rings (SSSR count). The highest BCUT2D eigenvalue weighted by atomic mass is 16.5. The molecule has 0 radical (unpaired) electrons. The van der Waals surface area contributed by atoms with Crippen LogP contribution >= 0.6 is 0 Å². The molecule has 1 aromatic carbocycles. The molecule has 0 aromatic heterocycles. The topological polar surface area (TPSA) is 49.8 Å². The molecule has 0 saturated carbocycles. The van der Waals surface area contributed by atoms with Crippen LogP contribution < -0.4 is 0 Å². The van der Waals surface area contributed by atoms with Gasteiger partial charge in [-0.3, -0.25) is 4.79 Å². The Hall–Kier alpha value is -1.83. The Labute approximate surface area is 125 Å². The highest BCUT2D eigenvalue weighted by molar-refractivity contribution is 5.96. The van der Waals surface area contributed by atoms with Gasteiger partial charge in [0.1, 0.15) is 6.61 Å². The van der Waals surface area contributed by atoms with E-state index in [2.05, 4.69) is 18.8 Å². The predicted molar refractivity (Wildman–Crippen MR) is 81.1 cm³/mol. The van der Waals surface area contributed by atoms with Crippen LogP contribution in [0.4, 0.5) is 0 Å². The van der Waals surface area contributed by atoms with Crippen LogP contribution in [0.3, 0.4) is 0 Å². The third kappa shape index (κ3) is 3.44. The first kappa shape index (κ1) is 15.6. The van der Waals surface area contributed by atoms with Gasteiger partial charge < -0.3 is 14.7 Å². The van der Waals surface area contributed by atoms with Crippen LogP contribution in [0.5, 0.6) is 0 Å². The highest BCUT2D eigenvalue weighted by Crippen LogP contribution is 2.19. The van der Waals surface area contributed by atoms with Crippen molar-refractivity contribution in [2.45, 2.75) is 26.3 Å². The van der Waals surface area contributed by atoms with E-state index in [9.17, 15) is 4.79 Å². The zero-order valence-corrected chi connectivity index (χ0v) is 12.6. The molecule has 0 spiro atoms. The van der Waals surface area contributed by atoms with Crippen LogP contribution in [0.2, 0.25) is 0 Å².